The predicted octanol–water partition coefficient (Wildman–Crippen LogP) is 3.91. The van der Waals surface area contributed by atoms with E-state index in [-0.39, 0.29) is 29.6 Å². The van der Waals surface area contributed by atoms with Crippen LogP contribution in [0.4, 0.5) is 4.39 Å². The Kier molecular flexibility index (Phi) is 11.3. The van der Waals surface area contributed by atoms with E-state index >= 15 is 0 Å². The van der Waals surface area contributed by atoms with E-state index in [0.717, 1.165) is 6.07 Å². The lowest BCUT2D eigenvalue weighted by atomic mass is 10.0. The number of halogens is 2. The van der Waals surface area contributed by atoms with Crippen LogP contribution in [0.5, 0.6) is 0 Å². The van der Waals surface area contributed by atoms with Gasteiger partial charge in [0.05, 0.1) is 18.8 Å². The van der Waals surface area contributed by atoms with Crippen molar-refractivity contribution >= 4 is 17.4 Å². The molecule has 1 aromatic carbocycles. The van der Waals surface area contributed by atoms with Gasteiger partial charge in [-0.15, -0.1) is 11.6 Å². The third kappa shape index (κ3) is 6.52. The molecule has 1 fully saturated rings. The van der Waals surface area contributed by atoms with Crippen molar-refractivity contribution in [3.63, 3.8) is 0 Å². The van der Waals surface area contributed by atoms with Crippen LogP contribution >= 0.6 is 11.6 Å². The molecule has 0 aromatic heterocycles. The van der Waals surface area contributed by atoms with Gasteiger partial charge >= 0.3 is 0 Å². The first kappa shape index (κ1) is 20.5. The molecular formula is C16H21ClFNO3. The summed E-state index contributed by atoms with van der Waals surface area (Å²) >= 11 is 4.64. The number of benzene rings is 1. The fourth-order valence-corrected chi connectivity index (χ4v) is 1.75. The highest BCUT2D eigenvalue weighted by Crippen LogP contribution is 2.15. The van der Waals surface area contributed by atoms with Crippen molar-refractivity contribution in [1.82, 2.24) is 0 Å². The van der Waals surface area contributed by atoms with Gasteiger partial charge in [-0.25, -0.2) is 4.39 Å². The Balaban J connectivity index is 0.00000102. The number of nitriles is 1. The molecule has 4 nitrogen and oxygen atoms in total. The van der Waals surface area contributed by atoms with Crippen LogP contribution in [0.25, 0.3) is 0 Å². The molecule has 0 saturated carbocycles. The van der Waals surface area contributed by atoms with Gasteiger partial charge in [-0.05, 0) is 18.2 Å². The van der Waals surface area contributed by atoms with Gasteiger partial charge in [-0.1, -0.05) is 13.8 Å². The minimum Gasteiger partial charge on any atom is -0.350 e. The summed E-state index contributed by atoms with van der Waals surface area (Å²) in [5.41, 5.74) is 0.207. The SMILES string of the molecule is CC.CCl.N#Cc1ccc(C(=O)CCC2OCCO2)cc1F. The molecule has 122 valence electrons. The average molecular weight is 330 g/mol. The van der Waals surface area contributed by atoms with Gasteiger partial charge in [0.15, 0.2) is 12.1 Å². The first-order chi connectivity index (χ1) is 10.7. The maximum Gasteiger partial charge on any atom is 0.163 e. The third-order valence-corrected chi connectivity index (χ3v) is 2.71. The second-order valence-corrected chi connectivity index (χ2v) is 3.94. The van der Waals surface area contributed by atoms with Gasteiger partial charge < -0.3 is 9.47 Å². The van der Waals surface area contributed by atoms with Crippen LogP contribution in [0.2, 0.25) is 0 Å². The van der Waals surface area contributed by atoms with Gasteiger partial charge in [-0.3, -0.25) is 4.79 Å². The smallest absolute Gasteiger partial charge is 0.163 e. The molecule has 0 unspecified atom stereocenters. The minimum atomic E-state index is -0.670. The molecule has 0 amide bonds. The summed E-state index contributed by atoms with van der Waals surface area (Å²) in [4.78, 5) is 11.8. The molecular weight excluding hydrogens is 309 g/mol. The number of rotatable bonds is 4. The van der Waals surface area contributed by atoms with Crippen LogP contribution in [0, 0.1) is 17.1 Å². The predicted molar refractivity (Wildman–Crippen MR) is 83.5 cm³/mol. The number of ether oxygens (including phenoxy) is 2. The molecule has 0 atom stereocenters. The number of hydrogen-bond acceptors (Lipinski definition) is 4. The van der Waals surface area contributed by atoms with Crippen molar-refractivity contribution in [2.45, 2.75) is 33.0 Å². The monoisotopic (exact) mass is 329 g/mol. The van der Waals surface area contributed by atoms with Gasteiger partial charge in [0.2, 0.25) is 0 Å². The summed E-state index contributed by atoms with van der Waals surface area (Å²) < 4.78 is 23.7. The summed E-state index contributed by atoms with van der Waals surface area (Å²) in [6.45, 7) is 5.09. The van der Waals surface area contributed by atoms with E-state index in [1.165, 1.54) is 18.5 Å². The standard InChI is InChI=1S/C13H12FNO3.C2H6.CH3Cl/c14-11-7-9(1-2-10(11)8-15)12(16)3-4-13-17-5-6-18-13;2*1-2/h1-2,7,13H,3-6H2;1-2H3;1H3. The highest BCUT2D eigenvalue weighted by molar-refractivity contribution is 6.15. The molecule has 22 heavy (non-hydrogen) atoms. The molecule has 0 radical (unpaired) electrons. The zero-order valence-corrected chi connectivity index (χ0v) is 13.8. The second kappa shape index (κ2) is 12.1. The number of Topliss-reactive ketones (excluding diaryl/α,β-unsaturated/α-hetero) is 1. The van der Waals surface area contributed by atoms with Crippen LogP contribution in [0.15, 0.2) is 18.2 Å². The summed E-state index contributed by atoms with van der Waals surface area (Å²) in [6, 6.07) is 5.58. The van der Waals surface area contributed by atoms with E-state index in [1.54, 1.807) is 6.07 Å². The van der Waals surface area contributed by atoms with Crippen molar-refractivity contribution in [3.8, 4) is 6.07 Å². The fourth-order valence-electron chi connectivity index (χ4n) is 1.75. The van der Waals surface area contributed by atoms with E-state index in [1.807, 2.05) is 13.8 Å². The molecule has 1 aliphatic rings. The van der Waals surface area contributed by atoms with E-state index in [9.17, 15) is 9.18 Å². The molecule has 1 aromatic rings. The van der Waals surface area contributed by atoms with E-state index in [0.29, 0.717) is 19.6 Å². The lowest BCUT2D eigenvalue weighted by Crippen LogP contribution is -2.11. The molecule has 0 bridgehead atoms. The first-order valence-corrected chi connectivity index (χ1v) is 7.80. The number of ketones is 1. The van der Waals surface area contributed by atoms with Crippen LogP contribution in [-0.2, 0) is 9.47 Å². The quantitative estimate of drug-likeness (QED) is 0.620. The Morgan fingerprint density at radius 1 is 1.36 bits per heavy atom. The summed E-state index contributed by atoms with van der Waals surface area (Å²) in [7, 11) is 0. The van der Waals surface area contributed by atoms with Crippen LogP contribution in [-0.4, -0.2) is 31.7 Å². The van der Waals surface area contributed by atoms with Crippen molar-refractivity contribution in [1.29, 1.82) is 5.26 Å². The molecule has 0 spiro atoms. The lowest BCUT2D eigenvalue weighted by molar-refractivity contribution is -0.0464. The summed E-state index contributed by atoms with van der Waals surface area (Å²) in [6.07, 6.45) is 1.83. The first-order valence-electron chi connectivity index (χ1n) is 7.04. The van der Waals surface area contributed by atoms with Crippen molar-refractivity contribution < 1.29 is 18.7 Å². The van der Waals surface area contributed by atoms with Crippen molar-refractivity contribution in [2.75, 3.05) is 19.6 Å². The zero-order valence-electron chi connectivity index (χ0n) is 13.1. The minimum absolute atomic E-state index is 0.0611. The Hall–Kier alpha value is -1.48. The van der Waals surface area contributed by atoms with Gasteiger partial charge in [0.25, 0.3) is 0 Å². The normalized spacial score (nSPS) is 13.3. The fraction of sp³-hybridized carbons (Fsp3) is 0.500. The average Bonchev–Trinajstić information content (AvgIpc) is 3.09. The molecule has 0 aliphatic carbocycles. The summed E-state index contributed by atoms with van der Waals surface area (Å²) in [5.74, 6) is -0.853. The number of carbonyl (C=O) groups excluding carboxylic acids is 1. The molecule has 1 saturated heterocycles. The molecule has 6 heteroatoms. The third-order valence-electron chi connectivity index (χ3n) is 2.71. The van der Waals surface area contributed by atoms with Gasteiger partial charge in [0.1, 0.15) is 11.9 Å². The largest absolute Gasteiger partial charge is 0.350 e. The van der Waals surface area contributed by atoms with E-state index in [4.69, 9.17) is 14.7 Å². The van der Waals surface area contributed by atoms with Crippen LogP contribution < -0.4 is 0 Å². The zero-order chi connectivity index (χ0) is 17.0. The van der Waals surface area contributed by atoms with Crippen LogP contribution in [0.1, 0.15) is 42.6 Å². The molecule has 1 aliphatic heterocycles. The van der Waals surface area contributed by atoms with Crippen molar-refractivity contribution in [3.05, 3.63) is 35.1 Å². The Bertz CT molecular complexity index is 497. The van der Waals surface area contributed by atoms with E-state index in [2.05, 4.69) is 11.6 Å². The Labute approximate surface area is 135 Å². The number of nitrogens with zero attached hydrogens (tertiary/aromatic N) is 1. The van der Waals surface area contributed by atoms with Crippen LogP contribution in [0.3, 0.4) is 0 Å². The highest BCUT2D eigenvalue weighted by Gasteiger charge is 2.18. The number of hydrogen-bond donors (Lipinski definition) is 0. The highest BCUT2D eigenvalue weighted by atomic mass is 35.5. The maximum absolute atomic E-state index is 13.3. The topological polar surface area (TPSA) is 59.3 Å². The number of alkyl halides is 1. The molecule has 1 heterocycles. The van der Waals surface area contributed by atoms with Gasteiger partial charge in [0, 0.05) is 24.8 Å². The molecule has 0 N–H and O–H groups in total. The van der Waals surface area contributed by atoms with Crippen molar-refractivity contribution in [2.24, 2.45) is 0 Å². The Morgan fingerprint density at radius 3 is 2.45 bits per heavy atom. The lowest BCUT2D eigenvalue weighted by Gasteiger charge is -2.08. The van der Waals surface area contributed by atoms with Gasteiger partial charge in [-0.2, -0.15) is 5.26 Å². The second-order valence-electron chi connectivity index (χ2n) is 3.94. The Morgan fingerprint density at radius 2 is 1.95 bits per heavy atom. The molecule has 2 rings (SSSR count). The van der Waals surface area contributed by atoms with E-state index < -0.39 is 5.82 Å². The summed E-state index contributed by atoms with van der Waals surface area (Å²) in [5, 5.41) is 8.59. The maximum atomic E-state index is 13.3. The number of carbonyl (C=O) groups is 1.